The third-order valence-electron chi connectivity index (χ3n) is 7.70. The molecular weight excluding hydrogens is 392 g/mol. The molecule has 0 spiro atoms. The molecule has 32 heavy (non-hydrogen) atoms. The summed E-state index contributed by atoms with van der Waals surface area (Å²) in [6.45, 7) is 8.76. The highest BCUT2D eigenvalue weighted by atomic mass is 16.1. The number of fused-ring (bicyclic) bond motifs is 4. The summed E-state index contributed by atoms with van der Waals surface area (Å²) in [5, 5.41) is 0. The molecule has 2 heteroatoms. The first-order valence-electron chi connectivity index (χ1n) is 11.9. The van der Waals surface area contributed by atoms with Gasteiger partial charge in [0, 0.05) is 22.3 Å². The van der Waals surface area contributed by atoms with Crippen molar-refractivity contribution < 1.29 is 9.59 Å². The van der Waals surface area contributed by atoms with E-state index >= 15 is 0 Å². The van der Waals surface area contributed by atoms with Gasteiger partial charge in [0.25, 0.3) is 0 Å². The van der Waals surface area contributed by atoms with Crippen molar-refractivity contribution in [2.45, 2.75) is 65.2 Å². The second-order valence-corrected chi connectivity index (χ2v) is 9.63. The Bertz CT molecular complexity index is 1160. The van der Waals surface area contributed by atoms with Crippen molar-refractivity contribution in [2.75, 3.05) is 0 Å². The van der Waals surface area contributed by atoms with E-state index in [9.17, 15) is 9.59 Å². The smallest absolute Gasteiger partial charge is 0.193 e. The summed E-state index contributed by atoms with van der Waals surface area (Å²) >= 11 is 0. The fraction of sp³-hybridized carbons (Fsp3) is 0.333. The summed E-state index contributed by atoms with van der Waals surface area (Å²) in [5.41, 5.74) is 9.74. The standard InChI is InChI=1S/C30H30O2/c1-5-17(3)19-7-9-21-11-23-16-28-24(15-27(23)29(31)25(21)13-19)12-22-10-8-20(18(4)6-2)14-26(22)30(28)32/h7-10,13-18H,5-6,11-12H2,1-4H3. The van der Waals surface area contributed by atoms with E-state index in [2.05, 4.69) is 64.1 Å². The molecule has 2 aliphatic rings. The minimum Gasteiger partial charge on any atom is -0.289 e. The molecule has 0 fully saturated rings. The van der Waals surface area contributed by atoms with Crippen LogP contribution in [0.15, 0.2) is 48.5 Å². The first-order valence-corrected chi connectivity index (χ1v) is 11.9. The predicted octanol–water partition coefficient (Wildman–Crippen LogP) is 6.98. The summed E-state index contributed by atoms with van der Waals surface area (Å²) in [6, 6.07) is 16.7. The van der Waals surface area contributed by atoms with Crippen molar-refractivity contribution in [3.05, 3.63) is 104 Å². The number of hydrogen-bond donors (Lipinski definition) is 0. The SMILES string of the molecule is CCC(C)c1ccc2c(c1)C(=O)c1cc3c(cc1C2)C(=O)c1cc(C(C)CC)ccc1C3. The molecule has 0 radical (unpaired) electrons. The van der Waals surface area contributed by atoms with Crippen molar-refractivity contribution in [3.63, 3.8) is 0 Å². The molecule has 0 saturated carbocycles. The minimum absolute atomic E-state index is 0.0968. The summed E-state index contributed by atoms with van der Waals surface area (Å²) in [7, 11) is 0. The zero-order valence-electron chi connectivity index (χ0n) is 19.4. The Morgan fingerprint density at radius 2 is 0.969 bits per heavy atom. The molecule has 2 nitrogen and oxygen atoms in total. The van der Waals surface area contributed by atoms with Gasteiger partial charge >= 0.3 is 0 Å². The zero-order valence-corrected chi connectivity index (χ0v) is 19.4. The van der Waals surface area contributed by atoms with E-state index in [0.29, 0.717) is 24.7 Å². The van der Waals surface area contributed by atoms with E-state index in [1.54, 1.807) is 0 Å². The van der Waals surface area contributed by atoms with Crippen LogP contribution in [0.3, 0.4) is 0 Å². The maximum absolute atomic E-state index is 13.5. The average Bonchev–Trinajstić information content (AvgIpc) is 2.82. The largest absolute Gasteiger partial charge is 0.289 e. The summed E-state index contributed by atoms with van der Waals surface area (Å²) < 4.78 is 0. The topological polar surface area (TPSA) is 34.1 Å². The average molecular weight is 423 g/mol. The second kappa shape index (κ2) is 7.85. The van der Waals surface area contributed by atoms with Crippen LogP contribution >= 0.6 is 0 Å². The van der Waals surface area contributed by atoms with Gasteiger partial charge < -0.3 is 0 Å². The van der Waals surface area contributed by atoms with Gasteiger partial charge in [0.2, 0.25) is 0 Å². The highest BCUT2D eigenvalue weighted by Crippen LogP contribution is 2.36. The Balaban J connectivity index is 1.55. The fourth-order valence-corrected chi connectivity index (χ4v) is 5.11. The molecule has 0 aromatic heterocycles. The molecule has 0 bridgehead atoms. The maximum Gasteiger partial charge on any atom is 0.193 e. The molecule has 3 aromatic carbocycles. The lowest BCUT2D eigenvalue weighted by atomic mass is 9.77. The number of carbonyl (C=O) groups excluding carboxylic acids is 2. The monoisotopic (exact) mass is 422 g/mol. The summed E-state index contributed by atoms with van der Waals surface area (Å²) in [4.78, 5) is 26.9. The number of hydrogen-bond acceptors (Lipinski definition) is 2. The molecule has 0 amide bonds. The number of carbonyl (C=O) groups is 2. The van der Waals surface area contributed by atoms with Crippen molar-refractivity contribution in [2.24, 2.45) is 0 Å². The van der Waals surface area contributed by atoms with E-state index < -0.39 is 0 Å². The molecule has 2 aliphatic carbocycles. The van der Waals surface area contributed by atoms with E-state index in [-0.39, 0.29) is 11.6 Å². The van der Waals surface area contributed by atoms with Gasteiger partial charge in [0.15, 0.2) is 11.6 Å². The lowest BCUT2D eigenvalue weighted by molar-refractivity contribution is 0.102. The minimum atomic E-state index is 0.0968. The Morgan fingerprint density at radius 1 is 0.594 bits per heavy atom. The van der Waals surface area contributed by atoms with Gasteiger partial charge in [-0.3, -0.25) is 9.59 Å². The molecular formula is C30H30O2. The van der Waals surface area contributed by atoms with Crippen molar-refractivity contribution in [3.8, 4) is 0 Å². The van der Waals surface area contributed by atoms with Crippen LogP contribution in [0.1, 0.15) is 118 Å². The number of ketones is 2. The number of benzene rings is 3. The molecule has 0 saturated heterocycles. The molecule has 0 heterocycles. The van der Waals surface area contributed by atoms with Crippen LogP contribution in [0.2, 0.25) is 0 Å². The summed E-state index contributed by atoms with van der Waals surface area (Å²) in [5.74, 6) is 1.07. The van der Waals surface area contributed by atoms with E-state index in [4.69, 9.17) is 0 Å². The Kier molecular flexibility index (Phi) is 5.12. The molecule has 2 unspecified atom stereocenters. The fourth-order valence-electron chi connectivity index (χ4n) is 5.11. The summed E-state index contributed by atoms with van der Waals surface area (Å²) in [6.07, 6.45) is 3.52. The van der Waals surface area contributed by atoms with Gasteiger partial charge in [-0.15, -0.1) is 0 Å². The third kappa shape index (κ3) is 3.24. The first kappa shape index (κ1) is 20.9. The van der Waals surface area contributed by atoms with Crippen molar-refractivity contribution in [1.82, 2.24) is 0 Å². The van der Waals surface area contributed by atoms with Crippen LogP contribution in [-0.4, -0.2) is 11.6 Å². The quantitative estimate of drug-likeness (QED) is 0.313. The third-order valence-corrected chi connectivity index (χ3v) is 7.70. The van der Waals surface area contributed by atoms with Crippen LogP contribution in [0.4, 0.5) is 0 Å². The van der Waals surface area contributed by atoms with Gasteiger partial charge in [0.05, 0.1) is 0 Å². The highest BCUT2D eigenvalue weighted by Gasteiger charge is 2.30. The Labute approximate surface area is 190 Å². The number of rotatable bonds is 4. The van der Waals surface area contributed by atoms with Gasteiger partial charge in [-0.2, -0.15) is 0 Å². The molecule has 162 valence electrons. The maximum atomic E-state index is 13.5. The molecule has 0 aliphatic heterocycles. The Morgan fingerprint density at radius 3 is 1.34 bits per heavy atom. The first-order chi connectivity index (χ1) is 15.4. The molecule has 2 atom stereocenters. The van der Waals surface area contributed by atoms with Gasteiger partial charge in [-0.25, -0.2) is 0 Å². The van der Waals surface area contributed by atoms with Crippen LogP contribution in [0.5, 0.6) is 0 Å². The molecule has 3 aromatic rings. The highest BCUT2D eigenvalue weighted by molar-refractivity contribution is 6.16. The van der Waals surface area contributed by atoms with Crippen molar-refractivity contribution in [1.29, 1.82) is 0 Å². The molecule has 0 N–H and O–H groups in total. The van der Waals surface area contributed by atoms with Crippen LogP contribution in [-0.2, 0) is 12.8 Å². The Hall–Kier alpha value is -3.00. The molecule has 5 rings (SSSR count). The zero-order chi connectivity index (χ0) is 22.6. The van der Waals surface area contributed by atoms with E-state index in [1.165, 1.54) is 11.1 Å². The van der Waals surface area contributed by atoms with Crippen LogP contribution in [0, 0.1) is 0 Å². The normalized spacial score (nSPS) is 16.0. The lowest BCUT2D eigenvalue weighted by Gasteiger charge is -2.25. The van der Waals surface area contributed by atoms with Crippen molar-refractivity contribution >= 4 is 11.6 Å². The van der Waals surface area contributed by atoms with Crippen LogP contribution < -0.4 is 0 Å². The van der Waals surface area contributed by atoms with Gasteiger partial charge in [-0.1, -0.05) is 52.0 Å². The lowest BCUT2D eigenvalue weighted by Crippen LogP contribution is -2.21. The van der Waals surface area contributed by atoms with Crippen LogP contribution in [0.25, 0.3) is 0 Å². The van der Waals surface area contributed by atoms with Gasteiger partial charge in [0.1, 0.15) is 0 Å². The van der Waals surface area contributed by atoms with E-state index in [0.717, 1.165) is 57.3 Å². The predicted molar refractivity (Wildman–Crippen MR) is 129 cm³/mol. The van der Waals surface area contributed by atoms with Gasteiger partial charge in [-0.05, 0) is 95.2 Å². The van der Waals surface area contributed by atoms with E-state index in [1.807, 2.05) is 12.1 Å². The second-order valence-electron chi connectivity index (χ2n) is 9.63.